The van der Waals surface area contributed by atoms with Crippen LogP contribution in [0.2, 0.25) is 0 Å². The molecule has 1 aromatic heterocycles. The fourth-order valence-electron chi connectivity index (χ4n) is 2.23. The van der Waals surface area contributed by atoms with Gasteiger partial charge in [0.1, 0.15) is 5.82 Å². The zero-order valence-corrected chi connectivity index (χ0v) is 11.5. The van der Waals surface area contributed by atoms with Crippen molar-refractivity contribution in [3.63, 3.8) is 0 Å². The molecule has 0 fully saturated rings. The van der Waals surface area contributed by atoms with E-state index < -0.39 is 11.2 Å². The second-order valence-corrected chi connectivity index (χ2v) is 4.64. The minimum Gasteiger partial charge on any atom is -0.466 e. The molecule has 0 amide bonds. The summed E-state index contributed by atoms with van der Waals surface area (Å²) in [6, 6.07) is 1.38. The molecule has 0 aliphatic carbocycles. The largest absolute Gasteiger partial charge is 0.466 e. The maximum atomic E-state index is 13.2. The monoisotopic (exact) mass is 268 g/mol. The molecule has 0 radical (unpaired) electrons. The van der Waals surface area contributed by atoms with Crippen LogP contribution in [0.15, 0.2) is 18.5 Å². The molecular weight excluding hydrogens is 247 g/mol. The normalized spacial score (nSPS) is 13.9. The van der Waals surface area contributed by atoms with Crippen LogP contribution in [-0.2, 0) is 16.0 Å². The molecule has 0 spiro atoms. The highest BCUT2D eigenvalue weighted by Gasteiger charge is 2.38. The predicted octanol–water partition coefficient (Wildman–Crippen LogP) is 2.07. The quantitative estimate of drug-likeness (QED) is 0.769. The number of hydrogen-bond acceptors (Lipinski definition) is 4. The van der Waals surface area contributed by atoms with E-state index in [4.69, 9.17) is 10.5 Å². The van der Waals surface area contributed by atoms with Gasteiger partial charge in [0.05, 0.1) is 18.2 Å². The van der Waals surface area contributed by atoms with E-state index in [-0.39, 0.29) is 12.5 Å². The summed E-state index contributed by atoms with van der Waals surface area (Å²) in [6.45, 7) is 4.23. The Morgan fingerprint density at radius 3 is 2.74 bits per heavy atom. The molecule has 1 rings (SSSR count). The maximum Gasteiger partial charge on any atom is 0.313 e. The highest BCUT2D eigenvalue weighted by Crippen LogP contribution is 2.29. The van der Waals surface area contributed by atoms with Crippen molar-refractivity contribution in [2.45, 2.75) is 33.1 Å². The van der Waals surface area contributed by atoms with E-state index in [9.17, 15) is 9.18 Å². The molecule has 5 heteroatoms. The van der Waals surface area contributed by atoms with Gasteiger partial charge in [-0.25, -0.2) is 4.39 Å². The van der Waals surface area contributed by atoms with E-state index in [1.165, 1.54) is 6.07 Å². The van der Waals surface area contributed by atoms with Crippen molar-refractivity contribution in [1.82, 2.24) is 4.98 Å². The zero-order valence-electron chi connectivity index (χ0n) is 11.5. The van der Waals surface area contributed by atoms with Gasteiger partial charge in [-0.3, -0.25) is 9.78 Å². The van der Waals surface area contributed by atoms with Gasteiger partial charge >= 0.3 is 5.97 Å². The second kappa shape index (κ2) is 7.19. The summed E-state index contributed by atoms with van der Waals surface area (Å²) in [5, 5.41) is 0. The molecule has 1 unspecified atom stereocenters. The first kappa shape index (κ1) is 15.6. The van der Waals surface area contributed by atoms with Crippen LogP contribution in [-0.4, -0.2) is 24.1 Å². The van der Waals surface area contributed by atoms with Gasteiger partial charge in [-0.15, -0.1) is 0 Å². The second-order valence-electron chi connectivity index (χ2n) is 4.64. The third-order valence-electron chi connectivity index (χ3n) is 3.13. The first-order valence-electron chi connectivity index (χ1n) is 6.54. The van der Waals surface area contributed by atoms with Crippen molar-refractivity contribution in [3.05, 3.63) is 29.8 Å². The van der Waals surface area contributed by atoms with Crippen LogP contribution in [0, 0.1) is 11.2 Å². The van der Waals surface area contributed by atoms with Crippen molar-refractivity contribution >= 4 is 5.97 Å². The molecule has 1 aromatic rings. The molecule has 0 saturated heterocycles. The molecule has 2 N–H and O–H groups in total. The van der Waals surface area contributed by atoms with Crippen molar-refractivity contribution in [2.75, 3.05) is 13.2 Å². The average molecular weight is 268 g/mol. The SMILES string of the molecule is CCCC(CN)(Cc1cncc(F)c1)C(=O)OCC. The Kier molecular flexibility index (Phi) is 5.89. The maximum absolute atomic E-state index is 13.2. The van der Waals surface area contributed by atoms with Crippen LogP contribution in [0.4, 0.5) is 4.39 Å². The van der Waals surface area contributed by atoms with E-state index in [1.54, 1.807) is 13.1 Å². The molecule has 4 nitrogen and oxygen atoms in total. The number of aromatic nitrogens is 1. The number of pyridine rings is 1. The van der Waals surface area contributed by atoms with E-state index >= 15 is 0 Å². The molecule has 106 valence electrons. The topological polar surface area (TPSA) is 65.2 Å². The minimum atomic E-state index is -0.791. The number of nitrogens with two attached hydrogens (primary N) is 1. The number of ether oxygens (including phenoxy) is 1. The molecule has 0 aromatic carbocycles. The molecule has 0 saturated carbocycles. The highest BCUT2D eigenvalue weighted by molar-refractivity contribution is 5.77. The Balaban J connectivity index is 2.99. The van der Waals surface area contributed by atoms with Gasteiger partial charge in [0.2, 0.25) is 0 Å². The summed E-state index contributed by atoms with van der Waals surface area (Å²) in [5.41, 5.74) is 5.66. The third-order valence-corrected chi connectivity index (χ3v) is 3.13. The summed E-state index contributed by atoms with van der Waals surface area (Å²) >= 11 is 0. The average Bonchev–Trinajstić information content (AvgIpc) is 2.38. The van der Waals surface area contributed by atoms with Crippen LogP contribution in [0.25, 0.3) is 0 Å². The Morgan fingerprint density at radius 1 is 1.47 bits per heavy atom. The molecule has 0 aliphatic heterocycles. The lowest BCUT2D eigenvalue weighted by molar-refractivity contribution is -0.155. The molecule has 0 bridgehead atoms. The summed E-state index contributed by atoms with van der Waals surface area (Å²) in [7, 11) is 0. The van der Waals surface area contributed by atoms with Gasteiger partial charge in [-0.1, -0.05) is 13.3 Å². The molecule has 0 aliphatic rings. The molecule has 1 heterocycles. The summed E-state index contributed by atoms with van der Waals surface area (Å²) < 4.78 is 18.3. The number of carbonyl (C=O) groups is 1. The summed E-state index contributed by atoms with van der Waals surface area (Å²) in [5.74, 6) is -0.729. The summed E-state index contributed by atoms with van der Waals surface area (Å²) in [4.78, 5) is 16.0. The Bertz CT molecular complexity index is 426. The van der Waals surface area contributed by atoms with Crippen molar-refractivity contribution in [3.8, 4) is 0 Å². The number of carbonyl (C=O) groups excluding carboxylic acids is 1. The number of hydrogen-bond donors (Lipinski definition) is 1. The van der Waals surface area contributed by atoms with E-state index in [1.807, 2.05) is 6.92 Å². The third kappa shape index (κ3) is 3.99. The predicted molar refractivity (Wildman–Crippen MR) is 70.9 cm³/mol. The lowest BCUT2D eigenvalue weighted by atomic mass is 9.78. The number of esters is 1. The van der Waals surface area contributed by atoms with E-state index in [0.717, 1.165) is 12.6 Å². The summed E-state index contributed by atoms with van der Waals surface area (Å²) in [6.07, 6.45) is 4.46. The number of rotatable bonds is 7. The van der Waals surface area contributed by atoms with Crippen molar-refractivity contribution < 1.29 is 13.9 Å². The smallest absolute Gasteiger partial charge is 0.313 e. The minimum absolute atomic E-state index is 0.177. The zero-order chi connectivity index (χ0) is 14.3. The van der Waals surface area contributed by atoms with E-state index in [0.29, 0.717) is 25.0 Å². The van der Waals surface area contributed by atoms with Gasteiger partial charge in [0.25, 0.3) is 0 Å². The van der Waals surface area contributed by atoms with Gasteiger partial charge in [-0.2, -0.15) is 0 Å². The molecule has 1 atom stereocenters. The lowest BCUT2D eigenvalue weighted by Gasteiger charge is -2.29. The Labute approximate surface area is 113 Å². The highest BCUT2D eigenvalue weighted by atomic mass is 19.1. The Hall–Kier alpha value is -1.49. The molecule has 19 heavy (non-hydrogen) atoms. The fourth-order valence-corrected chi connectivity index (χ4v) is 2.23. The standard InChI is InChI=1S/C14H21FN2O2/c1-3-5-14(10-16,13(18)19-4-2)7-11-6-12(15)9-17-8-11/h6,8-9H,3-5,7,10,16H2,1-2H3. The number of halogens is 1. The van der Waals surface area contributed by atoms with Crippen LogP contribution in [0.1, 0.15) is 32.3 Å². The number of nitrogens with zero attached hydrogens (tertiary/aromatic N) is 1. The molecular formula is C14H21FN2O2. The van der Waals surface area contributed by atoms with Gasteiger partial charge in [0.15, 0.2) is 0 Å². The Morgan fingerprint density at radius 2 is 2.21 bits per heavy atom. The fraction of sp³-hybridized carbons (Fsp3) is 0.571. The first-order valence-corrected chi connectivity index (χ1v) is 6.54. The van der Waals surface area contributed by atoms with Crippen LogP contribution in [0.3, 0.4) is 0 Å². The van der Waals surface area contributed by atoms with Crippen LogP contribution in [0.5, 0.6) is 0 Å². The van der Waals surface area contributed by atoms with Gasteiger partial charge < -0.3 is 10.5 Å². The van der Waals surface area contributed by atoms with E-state index in [2.05, 4.69) is 4.98 Å². The first-order chi connectivity index (χ1) is 9.07. The van der Waals surface area contributed by atoms with Crippen molar-refractivity contribution in [1.29, 1.82) is 0 Å². The van der Waals surface area contributed by atoms with Crippen LogP contribution >= 0.6 is 0 Å². The van der Waals surface area contributed by atoms with Crippen LogP contribution < -0.4 is 5.73 Å². The van der Waals surface area contributed by atoms with Gasteiger partial charge in [0, 0.05) is 12.7 Å². The van der Waals surface area contributed by atoms with Crippen molar-refractivity contribution in [2.24, 2.45) is 11.1 Å². The van der Waals surface area contributed by atoms with Gasteiger partial charge in [-0.05, 0) is 31.4 Å². The lowest BCUT2D eigenvalue weighted by Crippen LogP contribution is -2.42.